The molecule has 2 N–H and O–H groups in total. The van der Waals surface area contributed by atoms with E-state index in [1.807, 2.05) is 20.2 Å². The number of nitrogens with one attached hydrogen (secondary N) is 2. The van der Waals surface area contributed by atoms with Crippen LogP contribution in [0.1, 0.15) is 31.7 Å². The van der Waals surface area contributed by atoms with Crippen molar-refractivity contribution in [2.24, 2.45) is 7.05 Å². The molecule has 0 spiro atoms. The van der Waals surface area contributed by atoms with Gasteiger partial charge >= 0.3 is 0 Å². The van der Waals surface area contributed by atoms with Crippen molar-refractivity contribution in [1.82, 2.24) is 20.4 Å². The van der Waals surface area contributed by atoms with Gasteiger partial charge in [0.2, 0.25) is 5.91 Å². The second kappa shape index (κ2) is 4.87. The van der Waals surface area contributed by atoms with Crippen molar-refractivity contribution >= 4 is 5.91 Å². The molecule has 0 bridgehead atoms. The van der Waals surface area contributed by atoms with E-state index in [1.165, 1.54) is 0 Å². The Morgan fingerprint density at radius 1 is 1.65 bits per heavy atom. The summed E-state index contributed by atoms with van der Waals surface area (Å²) in [6, 6.07) is 0. The standard InChI is InChI=1S/C12H20N4O/c1-12(5-3-4-6-14-12)11(17)13-7-10-8-15-16(2)9-10/h8-9,14H,3-7H2,1-2H3,(H,13,17). The third-order valence-corrected chi connectivity index (χ3v) is 3.33. The fourth-order valence-electron chi connectivity index (χ4n) is 2.19. The molecular weight excluding hydrogens is 216 g/mol. The number of carbonyl (C=O) groups is 1. The van der Waals surface area contributed by atoms with Gasteiger partial charge in [-0.1, -0.05) is 0 Å². The maximum absolute atomic E-state index is 12.1. The van der Waals surface area contributed by atoms with E-state index in [0.717, 1.165) is 31.4 Å². The number of piperidine rings is 1. The topological polar surface area (TPSA) is 59.0 Å². The van der Waals surface area contributed by atoms with Gasteiger partial charge in [-0.2, -0.15) is 5.10 Å². The Balaban J connectivity index is 1.88. The summed E-state index contributed by atoms with van der Waals surface area (Å²) < 4.78 is 1.74. The van der Waals surface area contributed by atoms with Crippen LogP contribution >= 0.6 is 0 Å². The summed E-state index contributed by atoms with van der Waals surface area (Å²) in [5, 5.41) is 10.3. The summed E-state index contributed by atoms with van der Waals surface area (Å²) in [5.74, 6) is 0.0843. The number of hydrogen-bond donors (Lipinski definition) is 2. The summed E-state index contributed by atoms with van der Waals surface area (Å²) in [6.07, 6.45) is 6.87. The maximum Gasteiger partial charge on any atom is 0.240 e. The van der Waals surface area contributed by atoms with Crippen LogP contribution in [0.3, 0.4) is 0 Å². The lowest BCUT2D eigenvalue weighted by atomic mass is 9.90. The van der Waals surface area contributed by atoms with E-state index in [1.54, 1.807) is 10.9 Å². The van der Waals surface area contributed by atoms with E-state index in [-0.39, 0.29) is 5.91 Å². The Hall–Kier alpha value is -1.36. The predicted octanol–water partition coefficient (Wildman–Crippen LogP) is 0.568. The van der Waals surface area contributed by atoms with Crippen LogP contribution in [0, 0.1) is 0 Å². The molecule has 2 rings (SSSR count). The van der Waals surface area contributed by atoms with Gasteiger partial charge in [0.15, 0.2) is 0 Å². The lowest BCUT2D eigenvalue weighted by molar-refractivity contribution is -0.128. The second-order valence-corrected chi connectivity index (χ2v) is 4.92. The van der Waals surface area contributed by atoms with Gasteiger partial charge in [-0.25, -0.2) is 0 Å². The number of amides is 1. The fraction of sp³-hybridized carbons (Fsp3) is 0.667. The van der Waals surface area contributed by atoms with Crippen molar-refractivity contribution in [3.63, 3.8) is 0 Å². The van der Waals surface area contributed by atoms with E-state index < -0.39 is 5.54 Å². The molecule has 5 nitrogen and oxygen atoms in total. The molecule has 1 saturated heterocycles. The molecule has 1 aromatic heterocycles. The molecule has 5 heteroatoms. The minimum atomic E-state index is -0.402. The van der Waals surface area contributed by atoms with Crippen LogP contribution < -0.4 is 10.6 Å². The molecule has 0 radical (unpaired) electrons. The first kappa shape index (κ1) is 12.1. The highest BCUT2D eigenvalue weighted by atomic mass is 16.2. The number of nitrogens with zero attached hydrogens (tertiary/aromatic N) is 2. The number of aryl methyl sites for hydroxylation is 1. The van der Waals surface area contributed by atoms with Gasteiger partial charge < -0.3 is 10.6 Å². The van der Waals surface area contributed by atoms with Crippen molar-refractivity contribution in [2.45, 2.75) is 38.3 Å². The molecule has 2 heterocycles. The number of hydrogen-bond acceptors (Lipinski definition) is 3. The monoisotopic (exact) mass is 236 g/mol. The summed E-state index contributed by atoms with van der Waals surface area (Å²) in [5.41, 5.74) is 0.626. The minimum Gasteiger partial charge on any atom is -0.350 e. The maximum atomic E-state index is 12.1. The second-order valence-electron chi connectivity index (χ2n) is 4.92. The highest BCUT2D eigenvalue weighted by Crippen LogP contribution is 2.18. The van der Waals surface area contributed by atoms with Crippen LogP contribution in [-0.4, -0.2) is 27.8 Å². The highest BCUT2D eigenvalue weighted by molar-refractivity contribution is 5.85. The van der Waals surface area contributed by atoms with E-state index in [2.05, 4.69) is 15.7 Å². The van der Waals surface area contributed by atoms with Crippen LogP contribution in [0.25, 0.3) is 0 Å². The Morgan fingerprint density at radius 3 is 3.06 bits per heavy atom. The normalized spacial score (nSPS) is 24.6. The van der Waals surface area contributed by atoms with Crippen molar-refractivity contribution in [3.8, 4) is 0 Å². The van der Waals surface area contributed by atoms with Crippen LogP contribution in [0.4, 0.5) is 0 Å². The van der Waals surface area contributed by atoms with Crippen molar-refractivity contribution in [2.75, 3.05) is 6.54 Å². The van der Waals surface area contributed by atoms with E-state index in [0.29, 0.717) is 6.54 Å². The van der Waals surface area contributed by atoms with Crippen molar-refractivity contribution < 1.29 is 4.79 Å². The molecule has 1 atom stereocenters. The number of aromatic nitrogens is 2. The fourth-order valence-corrected chi connectivity index (χ4v) is 2.19. The van der Waals surface area contributed by atoms with Crippen LogP contribution in [0.2, 0.25) is 0 Å². The largest absolute Gasteiger partial charge is 0.350 e. The average molecular weight is 236 g/mol. The Kier molecular flexibility index (Phi) is 3.47. The lowest BCUT2D eigenvalue weighted by Gasteiger charge is -2.33. The van der Waals surface area contributed by atoms with E-state index in [4.69, 9.17) is 0 Å². The third-order valence-electron chi connectivity index (χ3n) is 3.33. The predicted molar refractivity (Wildman–Crippen MR) is 65.3 cm³/mol. The summed E-state index contributed by atoms with van der Waals surface area (Å²) >= 11 is 0. The molecule has 0 aliphatic carbocycles. The lowest BCUT2D eigenvalue weighted by Crippen LogP contribution is -2.56. The highest BCUT2D eigenvalue weighted by Gasteiger charge is 2.33. The molecule has 94 valence electrons. The Morgan fingerprint density at radius 2 is 2.47 bits per heavy atom. The minimum absolute atomic E-state index is 0.0843. The number of carbonyl (C=O) groups excluding carboxylic acids is 1. The molecule has 1 aliphatic rings. The Labute approximate surface area is 102 Å². The van der Waals surface area contributed by atoms with Crippen LogP contribution in [-0.2, 0) is 18.4 Å². The van der Waals surface area contributed by atoms with Gasteiger partial charge in [-0.3, -0.25) is 9.48 Å². The molecule has 0 aromatic carbocycles. The third kappa shape index (κ3) is 2.85. The van der Waals surface area contributed by atoms with Gasteiger partial charge in [0.25, 0.3) is 0 Å². The summed E-state index contributed by atoms with van der Waals surface area (Å²) in [6.45, 7) is 3.45. The quantitative estimate of drug-likeness (QED) is 0.806. The first-order chi connectivity index (χ1) is 8.10. The average Bonchev–Trinajstić information content (AvgIpc) is 2.73. The van der Waals surface area contributed by atoms with E-state index >= 15 is 0 Å². The summed E-state index contributed by atoms with van der Waals surface area (Å²) in [4.78, 5) is 12.1. The smallest absolute Gasteiger partial charge is 0.240 e. The van der Waals surface area contributed by atoms with Crippen LogP contribution in [0.15, 0.2) is 12.4 Å². The van der Waals surface area contributed by atoms with Crippen molar-refractivity contribution in [3.05, 3.63) is 18.0 Å². The molecule has 1 fully saturated rings. The first-order valence-electron chi connectivity index (χ1n) is 6.11. The SMILES string of the molecule is Cn1cc(CNC(=O)C2(C)CCCCN2)cn1. The zero-order chi connectivity index (χ0) is 12.3. The van der Waals surface area contributed by atoms with Gasteiger partial charge in [0.05, 0.1) is 11.7 Å². The van der Waals surface area contributed by atoms with Crippen LogP contribution in [0.5, 0.6) is 0 Å². The summed E-state index contributed by atoms with van der Waals surface area (Å²) in [7, 11) is 1.87. The zero-order valence-corrected chi connectivity index (χ0v) is 10.5. The molecule has 1 aromatic rings. The Bertz CT molecular complexity index is 393. The molecule has 1 amide bonds. The molecular formula is C12H20N4O. The molecule has 17 heavy (non-hydrogen) atoms. The molecule has 0 saturated carbocycles. The molecule has 1 unspecified atom stereocenters. The van der Waals surface area contributed by atoms with Gasteiger partial charge in [-0.05, 0) is 32.7 Å². The zero-order valence-electron chi connectivity index (χ0n) is 10.5. The van der Waals surface area contributed by atoms with E-state index in [9.17, 15) is 4.79 Å². The number of rotatable bonds is 3. The van der Waals surface area contributed by atoms with Gasteiger partial charge in [0, 0.05) is 25.4 Å². The van der Waals surface area contributed by atoms with Crippen molar-refractivity contribution in [1.29, 1.82) is 0 Å². The van der Waals surface area contributed by atoms with Gasteiger partial charge in [-0.15, -0.1) is 0 Å². The molecule has 1 aliphatic heterocycles. The first-order valence-corrected chi connectivity index (χ1v) is 6.11. The van der Waals surface area contributed by atoms with Gasteiger partial charge in [0.1, 0.15) is 0 Å².